The van der Waals surface area contributed by atoms with Crippen molar-refractivity contribution < 1.29 is 8.78 Å². The third-order valence-electron chi connectivity index (χ3n) is 4.82. The molecule has 4 nitrogen and oxygen atoms in total. The molecule has 1 aliphatic carbocycles. The SMILES string of the molecule is C=C(N/C(=C/NC1CCC1)C(C)C(F)F)c1ccn2c(C)ccnc12. The molecule has 25 heavy (non-hydrogen) atoms. The normalized spacial score (nSPS) is 16.8. The summed E-state index contributed by atoms with van der Waals surface area (Å²) in [5, 5.41) is 6.32. The van der Waals surface area contributed by atoms with Crippen LogP contribution >= 0.6 is 0 Å². The Balaban J connectivity index is 1.82. The lowest BCUT2D eigenvalue weighted by Crippen LogP contribution is -2.33. The van der Waals surface area contributed by atoms with Crippen LogP contribution in [0.2, 0.25) is 0 Å². The minimum absolute atomic E-state index is 0.384. The number of allylic oxidation sites excluding steroid dienone is 1. The van der Waals surface area contributed by atoms with Crippen molar-refractivity contribution in [3.63, 3.8) is 0 Å². The lowest BCUT2D eigenvalue weighted by atomic mass is 9.93. The molecular weight excluding hydrogens is 322 g/mol. The predicted molar refractivity (Wildman–Crippen MR) is 96.1 cm³/mol. The van der Waals surface area contributed by atoms with E-state index < -0.39 is 12.3 Å². The molecule has 134 valence electrons. The van der Waals surface area contributed by atoms with E-state index in [1.54, 1.807) is 12.4 Å². The van der Waals surface area contributed by atoms with Gasteiger partial charge in [-0.2, -0.15) is 0 Å². The molecule has 3 rings (SSSR count). The van der Waals surface area contributed by atoms with Crippen LogP contribution in [0.25, 0.3) is 11.3 Å². The van der Waals surface area contributed by atoms with Crippen molar-refractivity contribution in [2.45, 2.75) is 45.6 Å². The van der Waals surface area contributed by atoms with Gasteiger partial charge in [0.05, 0.1) is 5.92 Å². The van der Waals surface area contributed by atoms with Gasteiger partial charge in [-0.3, -0.25) is 0 Å². The lowest BCUT2D eigenvalue weighted by Gasteiger charge is -2.27. The van der Waals surface area contributed by atoms with Crippen LogP contribution < -0.4 is 10.6 Å². The zero-order chi connectivity index (χ0) is 18.0. The third-order valence-corrected chi connectivity index (χ3v) is 4.82. The van der Waals surface area contributed by atoms with Gasteiger partial charge in [-0.25, -0.2) is 13.8 Å². The molecule has 1 fully saturated rings. The largest absolute Gasteiger partial charge is 0.387 e. The summed E-state index contributed by atoms with van der Waals surface area (Å²) in [7, 11) is 0. The van der Waals surface area contributed by atoms with Crippen molar-refractivity contribution in [3.8, 4) is 0 Å². The molecule has 6 heteroatoms. The molecule has 0 aliphatic heterocycles. The van der Waals surface area contributed by atoms with Crippen LogP contribution in [0.5, 0.6) is 0 Å². The highest BCUT2D eigenvalue weighted by molar-refractivity contribution is 5.75. The van der Waals surface area contributed by atoms with Gasteiger partial charge >= 0.3 is 0 Å². The highest BCUT2D eigenvalue weighted by Crippen LogP contribution is 2.24. The highest BCUT2D eigenvalue weighted by atomic mass is 19.3. The van der Waals surface area contributed by atoms with E-state index in [4.69, 9.17) is 0 Å². The quantitative estimate of drug-likeness (QED) is 0.793. The summed E-state index contributed by atoms with van der Waals surface area (Å²) >= 11 is 0. The fraction of sp³-hybridized carbons (Fsp3) is 0.421. The van der Waals surface area contributed by atoms with Crippen LogP contribution in [0.3, 0.4) is 0 Å². The number of nitrogens with zero attached hydrogens (tertiary/aromatic N) is 2. The Morgan fingerprint density at radius 1 is 1.40 bits per heavy atom. The Morgan fingerprint density at radius 2 is 2.16 bits per heavy atom. The Morgan fingerprint density at radius 3 is 2.80 bits per heavy atom. The lowest BCUT2D eigenvalue weighted by molar-refractivity contribution is 0.101. The average molecular weight is 346 g/mol. The smallest absolute Gasteiger partial charge is 0.246 e. The molecule has 0 bridgehead atoms. The number of aromatic nitrogens is 2. The second-order valence-corrected chi connectivity index (χ2v) is 6.63. The Hall–Kier alpha value is -2.37. The van der Waals surface area contributed by atoms with Crippen LogP contribution in [0.1, 0.15) is 37.4 Å². The van der Waals surface area contributed by atoms with E-state index in [9.17, 15) is 8.78 Å². The maximum absolute atomic E-state index is 13.2. The van der Waals surface area contributed by atoms with Crippen molar-refractivity contribution in [2.24, 2.45) is 5.92 Å². The summed E-state index contributed by atoms with van der Waals surface area (Å²) in [6, 6.07) is 4.20. The second-order valence-electron chi connectivity index (χ2n) is 6.63. The number of hydrogen-bond acceptors (Lipinski definition) is 3. The maximum atomic E-state index is 13.2. The number of nitrogens with one attached hydrogen (secondary N) is 2. The minimum Gasteiger partial charge on any atom is -0.387 e. The zero-order valence-electron chi connectivity index (χ0n) is 14.6. The van der Waals surface area contributed by atoms with E-state index in [-0.39, 0.29) is 0 Å². The number of halogens is 2. The Bertz CT molecular complexity index is 790. The minimum atomic E-state index is -2.44. The molecule has 1 unspecified atom stereocenters. The summed E-state index contributed by atoms with van der Waals surface area (Å²) in [6.07, 6.45) is 6.24. The standard InChI is InChI=1S/C19H24F2N4/c1-12-7-9-22-19-16(8-10-25(12)19)14(3)24-17(13(2)18(20)21)11-23-15-5-4-6-15/h7-11,13,15,18,23-24H,3-6H2,1-2H3/b17-11+. The van der Waals surface area contributed by atoms with Crippen molar-refractivity contribution in [2.75, 3.05) is 0 Å². The Kier molecular flexibility index (Phi) is 5.06. The first-order chi connectivity index (χ1) is 12.0. The van der Waals surface area contributed by atoms with Gasteiger partial charge in [-0.05, 0) is 38.3 Å². The van der Waals surface area contributed by atoms with Gasteiger partial charge in [0, 0.05) is 47.3 Å². The molecule has 0 amide bonds. The molecule has 2 heterocycles. The fourth-order valence-electron chi connectivity index (χ4n) is 2.81. The first-order valence-electron chi connectivity index (χ1n) is 8.60. The van der Waals surface area contributed by atoms with Crippen molar-refractivity contribution in [3.05, 3.63) is 54.3 Å². The van der Waals surface area contributed by atoms with Gasteiger partial charge in [-0.15, -0.1) is 0 Å². The van der Waals surface area contributed by atoms with Crippen LogP contribution in [0.15, 0.2) is 43.0 Å². The van der Waals surface area contributed by atoms with Crippen LogP contribution in [0, 0.1) is 12.8 Å². The van der Waals surface area contributed by atoms with E-state index in [1.807, 2.05) is 29.7 Å². The molecule has 0 aromatic carbocycles. The van der Waals surface area contributed by atoms with Gasteiger partial charge in [0.15, 0.2) is 0 Å². The molecule has 1 aliphatic rings. The highest BCUT2D eigenvalue weighted by Gasteiger charge is 2.22. The summed E-state index contributed by atoms with van der Waals surface area (Å²) in [5.74, 6) is -0.909. The molecule has 0 radical (unpaired) electrons. The average Bonchev–Trinajstić information content (AvgIpc) is 2.97. The van der Waals surface area contributed by atoms with E-state index in [1.165, 1.54) is 13.3 Å². The monoisotopic (exact) mass is 346 g/mol. The van der Waals surface area contributed by atoms with Gasteiger partial charge in [-0.1, -0.05) is 13.5 Å². The molecule has 2 aromatic rings. The summed E-state index contributed by atoms with van der Waals surface area (Å²) < 4.78 is 28.4. The van der Waals surface area contributed by atoms with E-state index in [2.05, 4.69) is 22.2 Å². The van der Waals surface area contributed by atoms with E-state index in [0.29, 0.717) is 17.4 Å². The first kappa shape index (κ1) is 17.5. The van der Waals surface area contributed by atoms with Crippen LogP contribution in [-0.4, -0.2) is 21.9 Å². The topological polar surface area (TPSA) is 41.4 Å². The number of fused-ring (bicyclic) bond motifs is 1. The molecule has 2 N–H and O–H groups in total. The summed E-state index contributed by atoms with van der Waals surface area (Å²) in [6.45, 7) is 7.54. The molecule has 1 saturated carbocycles. The molecule has 0 spiro atoms. The second kappa shape index (κ2) is 7.25. The predicted octanol–water partition coefficient (Wildman–Crippen LogP) is 4.09. The zero-order valence-corrected chi connectivity index (χ0v) is 14.6. The van der Waals surface area contributed by atoms with Crippen molar-refractivity contribution in [1.29, 1.82) is 0 Å². The van der Waals surface area contributed by atoms with Gasteiger partial charge in [0.2, 0.25) is 6.43 Å². The number of alkyl halides is 2. The van der Waals surface area contributed by atoms with Crippen molar-refractivity contribution in [1.82, 2.24) is 20.0 Å². The third kappa shape index (κ3) is 3.67. The fourth-order valence-corrected chi connectivity index (χ4v) is 2.81. The van der Waals surface area contributed by atoms with Gasteiger partial charge in [0.1, 0.15) is 5.65 Å². The molecule has 1 atom stereocenters. The Labute approximate surface area is 146 Å². The number of rotatable bonds is 7. The summed E-state index contributed by atoms with van der Waals surface area (Å²) in [4.78, 5) is 4.39. The van der Waals surface area contributed by atoms with E-state index in [0.717, 1.165) is 29.7 Å². The summed E-state index contributed by atoms with van der Waals surface area (Å²) in [5.41, 5.74) is 3.62. The first-order valence-corrected chi connectivity index (χ1v) is 8.60. The van der Waals surface area contributed by atoms with Crippen molar-refractivity contribution >= 4 is 11.3 Å². The van der Waals surface area contributed by atoms with E-state index >= 15 is 0 Å². The van der Waals surface area contributed by atoms with Crippen LogP contribution in [0.4, 0.5) is 8.78 Å². The number of aryl methyl sites for hydroxylation is 1. The van der Waals surface area contributed by atoms with Gasteiger partial charge in [0.25, 0.3) is 0 Å². The van der Waals surface area contributed by atoms with Gasteiger partial charge < -0.3 is 15.0 Å². The number of hydrogen-bond donors (Lipinski definition) is 2. The van der Waals surface area contributed by atoms with Crippen LogP contribution in [-0.2, 0) is 0 Å². The molecule has 2 aromatic heterocycles. The molecule has 0 saturated heterocycles. The molecular formula is C19H24F2N4. The maximum Gasteiger partial charge on any atom is 0.246 e.